The molecule has 1 amide bonds. The van der Waals surface area contributed by atoms with Crippen molar-refractivity contribution in [3.63, 3.8) is 0 Å². The molecule has 2 aromatic heterocycles. The van der Waals surface area contributed by atoms with Gasteiger partial charge in [0.15, 0.2) is 5.65 Å². The fourth-order valence-electron chi connectivity index (χ4n) is 4.22. The lowest BCUT2D eigenvalue weighted by atomic mass is 10.00. The van der Waals surface area contributed by atoms with Crippen LogP contribution in [0.3, 0.4) is 0 Å². The number of amides is 1. The number of hydrogen-bond donors (Lipinski definition) is 2. The van der Waals surface area contributed by atoms with Gasteiger partial charge in [-0.2, -0.15) is 0 Å². The maximum atomic E-state index is 12.4. The molecule has 1 aromatic carbocycles. The van der Waals surface area contributed by atoms with Crippen LogP contribution in [0.15, 0.2) is 43.0 Å². The number of nitrogens with two attached hydrogens (primary N) is 1. The van der Waals surface area contributed by atoms with Crippen LogP contribution in [0.2, 0.25) is 0 Å². The first-order valence-electron chi connectivity index (χ1n) is 11.1. The number of nitrogens with zero attached hydrogens (tertiary/aromatic N) is 3. The van der Waals surface area contributed by atoms with Crippen molar-refractivity contribution in [1.82, 2.24) is 20.1 Å². The number of aromatic amines is 1. The third kappa shape index (κ3) is 4.39. The first kappa shape index (κ1) is 22.7. The summed E-state index contributed by atoms with van der Waals surface area (Å²) in [6, 6.07) is 8.48. The van der Waals surface area contributed by atoms with E-state index in [0.717, 1.165) is 23.1 Å². The summed E-state index contributed by atoms with van der Waals surface area (Å²) in [5.74, 6) is 0.0468. The van der Waals surface area contributed by atoms with Crippen LogP contribution in [0.4, 0.5) is 0 Å². The summed E-state index contributed by atoms with van der Waals surface area (Å²) in [6.07, 6.45) is 2.24. The van der Waals surface area contributed by atoms with Crippen molar-refractivity contribution in [3.05, 3.63) is 54.2 Å². The molecule has 3 heterocycles. The molecule has 8 nitrogen and oxygen atoms in total. The fraction of sp³-hybridized carbons (Fsp3) is 0.360. The number of fused-ring (bicyclic) bond motifs is 1. The Morgan fingerprint density at radius 3 is 2.79 bits per heavy atom. The van der Waals surface area contributed by atoms with Crippen molar-refractivity contribution in [2.24, 2.45) is 11.7 Å². The van der Waals surface area contributed by atoms with Crippen molar-refractivity contribution in [3.8, 4) is 17.0 Å². The van der Waals surface area contributed by atoms with Gasteiger partial charge in [-0.25, -0.2) is 4.79 Å². The van der Waals surface area contributed by atoms with Gasteiger partial charge in [-0.15, -0.1) is 10.2 Å². The van der Waals surface area contributed by atoms with Gasteiger partial charge < -0.3 is 20.4 Å². The summed E-state index contributed by atoms with van der Waals surface area (Å²) >= 11 is 0. The minimum absolute atomic E-state index is 0.0324. The number of likely N-dealkylation sites (tertiary alicyclic amines) is 1. The molecule has 1 aliphatic heterocycles. The molecule has 1 aliphatic rings. The quantitative estimate of drug-likeness (QED) is 0.340. The SMILES string of the molecule is C=CC(=O)N1CC[C@@H](c2[nH]c3nnc(-c4ccccc4OC(=O)[C@@H](N)C(C)C)cc3c2C)C1. The molecule has 0 aliphatic carbocycles. The number of aryl methyl sites for hydroxylation is 1. The first-order chi connectivity index (χ1) is 15.8. The van der Waals surface area contributed by atoms with Crippen LogP contribution in [-0.2, 0) is 9.59 Å². The number of nitrogens with one attached hydrogen (secondary N) is 1. The van der Waals surface area contributed by atoms with E-state index in [0.29, 0.717) is 35.7 Å². The lowest BCUT2D eigenvalue weighted by molar-refractivity contribution is -0.136. The molecule has 3 aromatic rings. The number of ether oxygens (including phenoxy) is 1. The van der Waals surface area contributed by atoms with E-state index in [-0.39, 0.29) is 17.7 Å². The molecule has 3 N–H and O–H groups in total. The largest absolute Gasteiger partial charge is 0.425 e. The Hall–Kier alpha value is -3.52. The van der Waals surface area contributed by atoms with Crippen molar-refractivity contribution in [2.45, 2.75) is 39.2 Å². The van der Waals surface area contributed by atoms with Gasteiger partial charge in [0.1, 0.15) is 11.8 Å². The predicted molar refractivity (Wildman–Crippen MR) is 127 cm³/mol. The fourth-order valence-corrected chi connectivity index (χ4v) is 4.22. The molecular formula is C25H29N5O3. The molecule has 1 fully saturated rings. The van der Waals surface area contributed by atoms with E-state index < -0.39 is 12.0 Å². The zero-order chi connectivity index (χ0) is 23.7. The van der Waals surface area contributed by atoms with Gasteiger partial charge in [0.05, 0.1) is 5.69 Å². The summed E-state index contributed by atoms with van der Waals surface area (Å²) in [4.78, 5) is 29.6. The lowest BCUT2D eigenvalue weighted by Gasteiger charge is -2.15. The molecule has 0 radical (unpaired) electrons. The Bertz CT molecular complexity index is 1220. The van der Waals surface area contributed by atoms with E-state index in [1.54, 1.807) is 12.1 Å². The maximum Gasteiger partial charge on any atom is 0.328 e. The van der Waals surface area contributed by atoms with Crippen molar-refractivity contribution >= 4 is 22.9 Å². The Kier molecular flexibility index (Phi) is 6.29. The van der Waals surface area contributed by atoms with E-state index in [1.807, 2.05) is 43.9 Å². The average Bonchev–Trinajstić information content (AvgIpc) is 3.43. The minimum atomic E-state index is -0.708. The topological polar surface area (TPSA) is 114 Å². The van der Waals surface area contributed by atoms with Gasteiger partial charge in [-0.05, 0) is 49.1 Å². The smallest absolute Gasteiger partial charge is 0.328 e. The van der Waals surface area contributed by atoms with E-state index in [1.165, 1.54) is 6.08 Å². The van der Waals surface area contributed by atoms with Gasteiger partial charge in [-0.1, -0.05) is 32.6 Å². The van der Waals surface area contributed by atoms with Crippen LogP contribution in [0.5, 0.6) is 5.75 Å². The summed E-state index contributed by atoms with van der Waals surface area (Å²) in [5.41, 5.74) is 10.1. The molecule has 8 heteroatoms. The zero-order valence-corrected chi connectivity index (χ0v) is 19.2. The molecule has 0 bridgehead atoms. The van der Waals surface area contributed by atoms with Crippen LogP contribution >= 0.6 is 0 Å². The summed E-state index contributed by atoms with van der Waals surface area (Å²) in [5, 5.41) is 9.73. The van der Waals surface area contributed by atoms with E-state index in [4.69, 9.17) is 10.5 Å². The highest BCUT2D eigenvalue weighted by Crippen LogP contribution is 2.35. The van der Waals surface area contributed by atoms with Crippen LogP contribution in [0.25, 0.3) is 22.3 Å². The van der Waals surface area contributed by atoms with E-state index in [2.05, 4.69) is 21.8 Å². The Balaban J connectivity index is 1.65. The molecule has 0 saturated carbocycles. The van der Waals surface area contributed by atoms with E-state index >= 15 is 0 Å². The van der Waals surface area contributed by atoms with Crippen LogP contribution < -0.4 is 10.5 Å². The highest BCUT2D eigenvalue weighted by Gasteiger charge is 2.29. The molecule has 2 atom stereocenters. The van der Waals surface area contributed by atoms with Crippen molar-refractivity contribution in [2.75, 3.05) is 13.1 Å². The number of carbonyl (C=O) groups is 2. The number of carbonyl (C=O) groups excluding carboxylic acids is 2. The number of para-hydroxylation sites is 1. The summed E-state index contributed by atoms with van der Waals surface area (Å²) in [7, 11) is 0. The number of esters is 1. The standard InChI is InChI=1S/C25H29N5O3/c1-5-21(31)30-11-10-16(13-30)23-15(4)18-12-19(28-29-24(18)27-23)17-8-6-7-9-20(17)33-25(32)22(26)14(2)3/h5-9,12,14,16,22H,1,10-11,13,26H2,2-4H3,(H,27,29)/t16-,22+/m1/s1. The summed E-state index contributed by atoms with van der Waals surface area (Å²) < 4.78 is 5.61. The van der Waals surface area contributed by atoms with E-state index in [9.17, 15) is 9.59 Å². The second-order valence-corrected chi connectivity index (χ2v) is 8.82. The maximum absolute atomic E-state index is 12.4. The van der Waals surface area contributed by atoms with Crippen LogP contribution in [0, 0.1) is 12.8 Å². The number of rotatable bonds is 6. The number of hydrogen-bond acceptors (Lipinski definition) is 6. The van der Waals surface area contributed by atoms with Gasteiger partial charge in [0, 0.05) is 35.7 Å². The molecule has 172 valence electrons. The number of aromatic nitrogens is 3. The summed E-state index contributed by atoms with van der Waals surface area (Å²) in [6.45, 7) is 10.7. The second-order valence-electron chi connectivity index (χ2n) is 8.82. The third-order valence-corrected chi connectivity index (χ3v) is 6.30. The van der Waals surface area contributed by atoms with Gasteiger partial charge in [-0.3, -0.25) is 4.79 Å². The van der Waals surface area contributed by atoms with Crippen LogP contribution in [0.1, 0.15) is 37.4 Å². The van der Waals surface area contributed by atoms with Crippen molar-refractivity contribution < 1.29 is 14.3 Å². The normalized spacial score (nSPS) is 16.9. The Morgan fingerprint density at radius 1 is 1.30 bits per heavy atom. The average molecular weight is 448 g/mol. The molecule has 0 spiro atoms. The predicted octanol–water partition coefficient (Wildman–Crippen LogP) is 3.32. The second kappa shape index (κ2) is 9.15. The highest BCUT2D eigenvalue weighted by molar-refractivity contribution is 5.88. The highest BCUT2D eigenvalue weighted by atomic mass is 16.5. The first-order valence-corrected chi connectivity index (χ1v) is 11.1. The molecular weight excluding hydrogens is 418 g/mol. The monoisotopic (exact) mass is 447 g/mol. The molecule has 33 heavy (non-hydrogen) atoms. The minimum Gasteiger partial charge on any atom is -0.425 e. The third-order valence-electron chi connectivity index (χ3n) is 6.30. The lowest BCUT2D eigenvalue weighted by Crippen LogP contribution is -2.38. The van der Waals surface area contributed by atoms with Crippen LogP contribution in [-0.4, -0.2) is 51.1 Å². The Labute approximate surface area is 192 Å². The van der Waals surface area contributed by atoms with Gasteiger partial charge >= 0.3 is 5.97 Å². The molecule has 1 saturated heterocycles. The van der Waals surface area contributed by atoms with Gasteiger partial charge in [0.25, 0.3) is 0 Å². The van der Waals surface area contributed by atoms with Crippen molar-refractivity contribution in [1.29, 1.82) is 0 Å². The zero-order valence-electron chi connectivity index (χ0n) is 19.2. The molecule has 0 unspecified atom stereocenters. The molecule has 4 rings (SSSR count). The van der Waals surface area contributed by atoms with Gasteiger partial charge in [0.2, 0.25) is 5.91 Å². The number of benzene rings is 1. The Morgan fingerprint density at radius 2 is 2.06 bits per heavy atom. The number of H-pyrrole nitrogens is 1.